The van der Waals surface area contributed by atoms with Crippen LogP contribution in [0.2, 0.25) is 0 Å². The quantitative estimate of drug-likeness (QED) is 0.854. The number of anilines is 1. The number of hydrogen-bond acceptors (Lipinski definition) is 5. The summed E-state index contributed by atoms with van der Waals surface area (Å²) in [6, 6.07) is 13.0. The van der Waals surface area contributed by atoms with Crippen LogP contribution in [0.3, 0.4) is 0 Å². The lowest BCUT2D eigenvalue weighted by atomic mass is 10.0. The zero-order valence-corrected chi connectivity index (χ0v) is 14.8. The number of fused-ring (bicyclic) bond motifs is 1. The van der Waals surface area contributed by atoms with Gasteiger partial charge < -0.3 is 19.6 Å². The van der Waals surface area contributed by atoms with E-state index in [4.69, 9.17) is 14.3 Å². The third-order valence-electron chi connectivity index (χ3n) is 3.93. The lowest BCUT2D eigenvalue weighted by molar-refractivity contribution is -0.125. The molecule has 0 spiro atoms. The van der Waals surface area contributed by atoms with Crippen molar-refractivity contribution in [3.8, 4) is 11.5 Å². The van der Waals surface area contributed by atoms with Crippen LogP contribution in [-0.2, 0) is 9.63 Å². The number of nitrogens with one attached hydrogen (secondary N) is 1. The first-order valence-corrected chi connectivity index (χ1v) is 8.67. The fraction of sp³-hybridized carbons (Fsp3) is 0.222. The Morgan fingerprint density at radius 1 is 1.12 bits per heavy atom. The fourth-order valence-electron chi connectivity index (χ4n) is 2.70. The van der Waals surface area contributed by atoms with E-state index >= 15 is 0 Å². The van der Waals surface area contributed by atoms with E-state index in [1.807, 2.05) is 24.3 Å². The summed E-state index contributed by atoms with van der Waals surface area (Å²) in [4.78, 5) is 17.7. The van der Waals surface area contributed by atoms with Crippen molar-refractivity contribution >= 4 is 33.2 Å². The van der Waals surface area contributed by atoms with Gasteiger partial charge >= 0.3 is 0 Å². The van der Waals surface area contributed by atoms with Gasteiger partial charge in [-0.05, 0) is 24.3 Å². The minimum absolute atomic E-state index is 0.245. The van der Waals surface area contributed by atoms with Crippen LogP contribution in [0.15, 0.2) is 52.1 Å². The summed E-state index contributed by atoms with van der Waals surface area (Å²) in [7, 11) is 0. The maximum absolute atomic E-state index is 12.4. The second-order valence-corrected chi connectivity index (χ2v) is 6.61. The Labute approximate surface area is 152 Å². The Morgan fingerprint density at radius 2 is 1.96 bits per heavy atom. The second-order valence-electron chi connectivity index (χ2n) is 5.69. The van der Waals surface area contributed by atoms with Crippen LogP contribution in [0.4, 0.5) is 5.69 Å². The van der Waals surface area contributed by atoms with Crippen molar-refractivity contribution < 1.29 is 19.1 Å². The Balaban J connectivity index is 1.41. The van der Waals surface area contributed by atoms with Crippen molar-refractivity contribution in [3.05, 3.63) is 52.5 Å². The third-order valence-corrected chi connectivity index (χ3v) is 4.42. The van der Waals surface area contributed by atoms with Crippen molar-refractivity contribution in [2.24, 2.45) is 5.16 Å². The summed E-state index contributed by atoms with van der Waals surface area (Å²) in [5, 5.41) is 6.89. The van der Waals surface area contributed by atoms with E-state index in [-0.39, 0.29) is 5.91 Å². The van der Waals surface area contributed by atoms with Gasteiger partial charge in [0.1, 0.15) is 13.2 Å². The standard InChI is InChI=1S/C18H15BrN2O4/c19-12-3-1-2-11(8-12)14-10-17(25-21-14)18(22)20-13-4-5-15-16(9-13)24-7-6-23-15/h1-5,8-9,17H,6-7,10H2,(H,20,22). The highest BCUT2D eigenvalue weighted by Crippen LogP contribution is 2.32. The van der Waals surface area contributed by atoms with Gasteiger partial charge in [0.2, 0.25) is 6.10 Å². The van der Waals surface area contributed by atoms with E-state index in [1.165, 1.54) is 0 Å². The van der Waals surface area contributed by atoms with Crippen molar-refractivity contribution in [2.45, 2.75) is 12.5 Å². The van der Waals surface area contributed by atoms with Crippen molar-refractivity contribution in [1.82, 2.24) is 0 Å². The number of benzene rings is 2. The molecule has 7 heteroatoms. The van der Waals surface area contributed by atoms with Crippen molar-refractivity contribution in [2.75, 3.05) is 18.5 Å². The van der Waals surface area contributed by atoms with E-state index in [2.05, 4.69) is 26.4 Å². The van der Waals surface area contributed by atoms with E-state index < -0.39 is 6.10 Å². The molecule has 0 aromatic heterocycles. The number of oxime groups is 1. The lowest BCUT2D eigenvalue weighted by Gasteiger charge is -2.19. The van der Waals surface area contributed by atoms with Gasteiger partial charge in [-0.3, -0.25) is 4.79 Å². The number of carbonyl (C=O) groups is 1. The average molecular weight is 403 g/mol. The largest absolute Gasteiger partial charge is 0.486 e. The van der Waals surface area contributed by atoms with Crippen molar-refractivity contribution in [1.29, 1.82) is 0 Å². The van der Waals surface area contributed by atoms with Crippen LogP contribution in [0.25, 0.3) is 0 Å². The van der Waals surface area contributed by atoms with Gasteiger partial charge in [-0.15, -0.1) is 0 Å². The summed E-state index contributed by atoms with van der Waals surface area (Å²) in [6.07, 6.45) is -0.227. The molecule has 2 aromatic carbocycles. The van der Waals surface area contributed by atoms with E-state index in [9.17, 15) is 4.79 Å². The predicted molar refractivity (Wildman–Crippen MR) is 96.2 cm³/mol. The lowest BCUT2D eigenvalue weighted by Crippen LogP contribution is -2.28. The predicted octanol–water partition coefficient (Wildman–Crippen LogP) is 3.35. The first-order valence-electron chi connectivity index (χ1n) is 7.88. The van der Waals surface area contributed by atoms with Gasteiger partial charge in [-0.25, -0.2) is 0 Å². The molecule has 1 unspecified atom stereocenters. The monoisotopic (exact) mass is 402 g/mol. The molecule has 0 fully saturated rings. The molecule has 0 saturated carbocycles. The minimum atomic E-state index is -0.651. The molecule has 2 heterocycles. The Kier molecular flexibility index (Phi) is 4.31. The SMILES string of the molecule is O=C(Nc1ccc2c(c1)OCCO2)C1CC(c2cccc(Br)c2)=NO1. The average Bonchev–Trinajstić information content (AvgIpc) is 3.12. The molecule has 4 rings (SSSR count). The summed E-state index contributed by atoms with van der Waals surface area (Å²) < 4.78 is 11.9. The van der Waals surface area contributed by atoms with E-state index in [0.29, 0.717) is 36.8 Å². The zero-order valence-electron chi connectivity index (χ0n) is 13.2. The smallest absolute Gasteiger partial charge is 0.268 e. The molecule has 1 amide bonds. The molecule has 1 atom stereocenters. The number of nitrogens with zero attached hydrogens (tertiary/aromatic N) is 1. The molecule has 6 nitrogen and oxygen atoms in total. The Morgan fingerprint density at radius 3 is 2.80 bits per heavy atom. The molecule has 0 bridgehead atoms. The maximum Gasteiger partial charge on any atom is 0.268 e. The molecule has 25 heavy (non-hydrogen) atoms. The molecule has 0 radical (unpaired) electrons. The summed E-state index contributed by atoms with van der Waals surface area (Å²) in [5.74, 6) is 1.06. The first kappa shape index (κ1) is 16.0. The number of halogens is 1. The summed E-state index contributed by atoms with van der Waals surface area (Å²) in [5.41, 5.74) is 2.32. The molecule has 2 aliphatic heterocycles. The highest BCUT2D eigenvalue weighted by molar-refractivity contribution is 9.10. The van der Waals surface area contributed by atoms with E-state index in [1.54, 1.807) is 18.2 Å². The molecule has 2 aromatic rings. The van der Waals surface area contributed by atoms with E-state index in [0.717, 1.165) is 15.7 Å². The number of rotatable bonds is 3. The van der Waals surface area contributed by atoms with Gasteiger partial charge in [0.25, 0.3) is 5.91 Å². The number of carbonyl (C=O) groups excluding carboxylic acids is 1. The van der Waals surface area contributed by atoms with Gasteiger partial charge in [-0.1, -0.05) is 33.2 Å². The van der Waals surface area contributed by atoms with Crippen LogP contribution < -0.4 is 14.8 Å². The Hall–Kier alpha value is -2.54. The molecule has 128 valence electrons. The van der Waals surface area contributed by atoms with Gasteiger partial charge in [0.15, 0.2) is 11.5 Å². The van der Waals surface area contributed by atoms with Crippen LogP contribution in [0.5, 0.6) is 11.5 Å². The fourth-order valence-corrected chi connectivity index (χ4v) is 3.10. The van der Waals surface area contributed by atoms with Gasteiger partial charge in [0.05, 0.1) is 5.71 Å². The number of hydrogen-bond donors (Lipinski definition) is 1. The topological polar surface area (TPSA) is 69.2 Å². The summed E-state index contributed by atoms with van der Waals surface area (Å²) in [6.45, 7) is 1.03. The van der Waals surface area contributed by atoms with Crippen LogP contribution >= 0.6 is 15.9 Å². The molecular weight excluding hydrogens is 388 g/mol. The zero-order chi connectivity index (χ0) is 17.2. The third kappa shape index (κ3) is 3.46. The van der Waals surface area contributed by atoms with Crippen molar-refractivity contribution in [3.63, 3.8) is 0 Å². The molecule has 2 aliphatic rings. The molecular formula is C18H15BrN2O4. The molecule has 0 aliphatic carbocycles. The number of amides is 1. The first-order chi connectivity index (χ1) is 12.2. The van der Waals surface area contributed by atoms with Crippen LogP contribution in [0.1, 0.15) is 12.0 Å². The number of ether oxygens (including phenoxy) is 2. The van der Waals surface area contributed by atoms with Gasteiger partial charge in [-0.2, -0.15) is 0 Å². The normalized spacial score (nSPS) is 18.3. The van der Waals surface area contributed by atoms with Crippen LogP contribution in [0, 0.1) is 0 Å². The minimum Gasteiger partial charge on any atom is -0.486 e. The highest BCUT2D eigenvalue weighted by atomic mass is 79.9. The summed E-state index contributed by atoms with van der Waals surface area (Å²) >= 11 is 3.43. The van der Waals surface area contributed by atoms with Crippen LogP contribution in [-0.4, -0.2) is 30.9 Å². The van der Waals surface area contributed by atoms with Gasteiger partial charge in [0, 0.05) is 28.2 Å². The molecule has 0 saturated heterocycles. The maximum atomic E-state index is 12.4. The highest BCUT2D eigenvalue weighted by Gasteiger charge is 2.29. The second kappa shape index (κ2) is 6.76. The Bertz CT molecular complexity index is 853. The molecule has 1 N–H and O–H groups in total.